The zero-order valence-corrected chi connectivity index (χ0v) is 14.8. The molecule has 0 saturated carbocycles. The van der Waals surface area contributed by atoms with Crippen molar-refractivity contribution in [3.8, 4) is 0 Å². The number of piperidine rings is 1. The number of rotatable bonds is 6. The summed E-state index contributed by atoms with van der Waals surface area (Å²) in [5.74, 6) is 0.661. The van der Waals surface area contributed by atoms with E-state index < -0.39 is 0 Å². The van der Waals surface area contributed by atoms with E-state index in [-0.39, 0.29) is 11.8 Å². The lowest BCUT2D eigenvalue weighted by atomic mass is 10.1. The largest absolute Gasteiger partial charge is 0.351 e. The molecule has 0 unspecified atom stereocenters. The van der Waals surface area contributed by atoms with E-state index in [2.05, 4.69) is 19.2 Å². The van der Waals surface area contributed by atoms with E-state index in [9.17, 15) is 9.59 Å². The highest BCUT2D eigenvalue weighted by atomic mass is 32.2. The Hall–Kier alpha value is -1.49. The molecule has 0 aromatic heterocycles. The third-order valence-electron chi connectivity index (χ3n) is 3.88. The summed E-state index contributed by atoms with van der Waals surface area (Å²) in [4.78, 5) is 26.0. The molecule has 0 aliphatic carbocycles. The summed E-state index contributed by atoms with van der Waals surface area (Å²) < 4.78 is 0. The summed E-state index contributed by atoms with van der Waals surface area (Å²) in [5.41, 5.74) is 1.75. The van der Waals surface area contributed by atoms with Crippen LogP contribution < -0.4 is 5.32 Å². The Morgan fingerprint density at radius 2 is 1.78 bits per heavy atom. The summed E-state index contributed by atoms with van der Waals surface area (Å²) in [6, 6.07) is 7.57. The van der Waals surface area contributed by atoms with E-state index in [4.69, 9.17) is 0 Å². The van der Waals surface area contributed by atoms with Gasteiger partial charge >= 0.3 is 0 Å². The van der Waals surface area contributed by atoms with Crippen LogP contribution >= 0.6 is 11.8 Å². The maximum atomic E-state index is 12.4. The molecule has 1 aliphatic rings. The van der Waals surface area contributed by atoms with Gasteiger partial charge in [0.05, 0.1) is 5.75 Å². The minimum Gasteiger partial charge on any atom is -0.351 e. The standard InChI is InChI=1S/C18H26N2O2S/c1-14(2)23-13-17(21)19-12-15-6-8-16(9-7-15)18(22)20-10-4-3-5-11-20/h6-9,14H,3-5,10-13H2,1-2H3,(H,19,21). The van der Waals surface area contributed by atoms with Gasteiger partial charge in [-0.05, 0) is 42.2 Å². The van der Waals surface area contributed by atoms with Crippen LogP contribution in [0.15, 0.2) is 24.3 Å². The van der Waals surface area contributed by atoms with Crippen LogP contribution in [0, 0.1) is 0 Å². The zero-order valence-electron chi connectivity index (χ0n) is 14.0. The number of carbonyl (C=O) groups excluding carboxylic acids is 2. The molecule has 0 atom stereocenters. The maximum Gasteiger partial charge on any atom is 0.253 e. The Labute approximate surface area is 143 Å². The van der Waals surface area contributed by atoms with Crippen LogP contribution in [0.2, 0.25) is 0 Å². The number of hydrogen-bond acceptors (Lipinski definition) is 3. The van der Waals surface area contributed by atoms with E-state index in [1.54, 1.807) is 11.8 Å². The van der Waals surface area contributed by atoms with Crippen molar-refractivity contribution in [3.63, 3.8) is 0 Å². The van der Waals surface area contributed by atoms with Crippen LogP contribution in [0.4, 0.5) is 0 Å². The molecule has 2 rings (SSSR count). The summed E-state index contributed by atoms with van der Waals surface area (Å²) in [7, 11) is 0. The van der Waals surface area contributed by atoms with Crippen LogP contribution in [0.5, 0.6) is 0 Å². The molecule has 0 spiro atoms. The molecule has 1 aliphatic heterocycles. The number of nitrogens with zero attached hydrogens (tertiary/aromatic N) is 1. The van der Waals surface area contributed by atoms with Gasteiger partial charge in [0.1, 0.15) is 0 Å². The van der Waals surface area contributed by atoms with Crippen molar-refractivity contribution in [1.29, 1.82) is 0 Å². The van der Waals surface area contributed by atoms with Crippen LogP contribution in [0.25, 0.3) is 0 Å². The van der Waals surface area contributed by atoms with Gasteiger partial charge in [-0.15, -0.1) is 11.8 Å². The molecule has 5 heteroatoms. The second-order valence-electron chi connectivity index (χ2n) is 6.19. The van der Waals surface area contributed by atoms with Gasteiger partial charge in [0.15, 0.2) is 0 Å². The monoisotopic (exact) mass is 334 g/mol. The predicted molar refractivity (Wildman–Crippen MR) is 95.6 cm³/mol. The quantitative estimate of drug-likeness (QED) is 0.870. The third kappa shape index (κ3) is 5.90. The van der Waals surface area contributed by atoms with Crippen molar-refractivity contribution in [2.75, 3.05) is 18.8 Å². The minimum atomic E-state index is 0.0529. The van der Waals surface area contributed by atoms with E-state index in [0.29, 0.717) is 17.5 Å². The van der Waals surface area contributed by atoms with Gasteiger partial charge in [0.2, 0.25) is 5.91 Å². The first kappa shape index (κ1) is 17.9. The van der Waals surface area contributed by atoms with Crippen molar-refractivity contribution in [2.24, 2.45) is 0 Å². The van der Waals surface area contributed by atoms with Crippen molar-refractivity contribution in [2.45, 2.75) is 44.9 Å². The Morgan fingerprint density at radius 1 is 1.13 bits per heavy atom. The van der Waals surface area contributed by atoms with Gasteiger partial charge in [-0.25, -0.2) is 0 Å². The molecular formula is C18H26N2O2S. The normalized spacial score (nSPS) is 14.8. The van der Waals surface area contributed by atoms with Crippen LogP contribution in [0.1, 0.15) is 49.0 Å². The van der Waals surface area contributed by atoms with Crippen LogP contribution in [0.3, 0.4) is 0 Å². The fourth-order valence-corrected chi connectivity index (χ4v) is 3.13. The number of hydrogen-bond donors (Lipinski definition) is 1. The highest BCUT2D eigenvalue weighted by molar-refractivity contribution is 8.00. The van der Waals surface area contributed by atoms with E-state index in [0.717, 1.165) is 37.1 Å². The zero-order chi connectivity index (χ0) is 16.7. The summed E-state index contributed by atoms with van der Waals surface area (Å²) >= 11 is 1.63. The van der Waals surface area contributed by atoms with E-state index in [1.807, 2.05) is 29.2 Å². The van der Waals surface area contributed by atoms with Gasteiger partial charge < -0.3 is 10.2 Å². The smallest absolute Gasteiger partial charge is 0.253 e. The highest BCUT2D eigenvalue weighted by Gasteiger charge is 2.17. The molecule has 1 saturated heterocycles. The Morgan fingerprint density at radius 3 is 2.39 bits per heavy atom. The summed E-state index contributed by atoms with van der Waals surface area (Å²) in [5, 5.41) is 3.37. The molecule has 0 radical (unpaired) electrons. The number of benzene rings is 1. The lowest BCUT2D eigenvalue weighted by Crippen LogP contribution is -2.35. The Kier molecular flexibility index (Phi) is 6.96. The van der Waals surface area contributed by atoms with Gasteiger partial charge in [-0.1, -0.05) is 26.0 Å². The fourth-order valence-electron chi connectivity index (χ4n) is 2.54. The first-order chi connectivity index (χ1) is 11.1. The Balaban J connectivity index is 1.82. The van der Waals surface area contributed by atoms with E-state index in [1.165, 1.54) is 6.42 Å². The first-order valence-electron chi connectivity index (χ1n) is 8.33. The number of carbonyl (C=O) groups is 2. The predicted octanol–water partition coefficient (Wildman–Crippen LogP) is 3.07. The number of thioether (sulfide) groups is 1. The van der Waals surface area contributed by atoms with Gasteiger partial charge in [-0.3, -0.25) is 9.59 Å². The average Bonchev–Trinajstić information content (AvgIpc) is 2.58. The maximum absolute atomic E-state index is 12.4. The molecule has 1 heterocycles. The van der Waals surface area contributed by atoms with Gasteiger partial charge in [0.25, 0.3) is 5.91 Å². The first-order valence-corrected chi connectivity index (χ1v) is 9.37. The number of amides is 2. The van der Waals surface area contributed by atoms with Gasteiger partial charge in [0, 0.05) is 25.2 Å². The molecule has 126 valence electrons. The lowest BCUT2D eigenvalue weighted by Gasteiger charge is -2.26. The van der Waals surface area contributed by atoms with Crippen molar-refractivity contribution >= 4 is 23.6 Å². The van der Waals surface area contributed by atoms with E-state index >= 15 is 0 Å². The molecule has 4 nitrogen and oxygen atoms in total. The molecule has 0 bridgehead atoms. The topological polar surface area (TPSA) is 49.4 Å². The molecule has 2 amide bonds. The summed E-state index contributed by atoms with van der Waals surface area (Å²) in [6.45, 7) is 6.40. The number of nitrogens with one attached hydrogen (secondary N) is 1. The molecule has 1 N–H and O–H groups in total. The van der Waals surface area contributed by atoms with Crippen LogP contribution in [-0.2, 0) is 11.3 Å². The molecule has 1 aromatic rings. The fraction of sp³-hybridized carbons (Fsp3) is 0.556. The van der Waals surface area contributed by atoms with Crippen LogP contribution in [-0.4, -0.2) is 40.8 Å². The van der Waals surface area contributed by atoms with Crippen molar-refractivity contribution in [1.82, 2.24) is 10.2 Å². The molecule has 1 aromatic carbocycles. The molecule has 23 heavy (non-hydrogen) atoms. The van der Waals surface area contributed by atoms with Crippen molar-refractivity contribution < 1.29 is 9.59 Å². The SMILES string of the molecule is CC(C)SCC(=O)NCc1ccc(C(=O)N2CCCCC2)cc1. The van der Waals surface area contributed by atoms with Gasteiger partial charge in [-0.2, -0.15) is 0 Å². The second-order valence-corrected chi connectivity index (χ2v) is 7.75. The Bertz CT molecular complexity index is 522. The third-order valence-corrected chi connectivity index (χ3v) is 4.98. The highest BCUT2D eigenvalue weighted by Crippen LogP contribution is 2.14. The molecule has 1 fully saturated rings. The lowest BCUT2D eigenvalue weighted by molar-refractivity contribution is -0.118. The summed E-state index contributed by atoms with van der Waals surface area (Å²) in [6.07, 6.45) is 3.42. The average molecular weight is 334 g/mol. The molecular weight excluding hydrogens is 308 g/mol. The van der Waals surface area contributed by atoms with Crippen molar-refractivity contribution in [3.05, 3.63) is 35.4 Å². The second kappa shape index (κ2) is 8.96. The number of likely N-dealkylation sites (tertiary alicyclic amines) is 1. The minimum absolute atomic E-state index is 0.0529.